The average molecular weight is 308 g/mol. The second kappa shape index (κ2) is 5.19. The minimum Gasteiger partial charge on any atom is -0.368 e. The lowest BCUT2D eigenvalue weighted by molar-refractivity contribution is -0.168. The first-order valence-electron chi connectivity index (χ1n) is 7.67. The van der Waals surface area contributed by atoms with Gasteiger partial charge in [-0.15, -0.1) is 0 Å². The van der Waals surface area contributed by atoms with Crippen LogP contribution in [0.4, 0.5) is 18.9 Å². The van der Waals surface area contributed by atoms with E-state index >= 15 is 0 Å². The van der Waals surface area contributed by atoms with Crippen LogP contribution in [0.5, 0.6) is 0 Å². The fraction of sp³-hybridized carbons (Fsp3) is 0.588. The van der Waals surface area contributed by atoms with Gasteiger partial charge in [-0.1, -0.05) is 11.8 Å². The Morgan fingerprint density at radius 3 is 2.59 bits per heavy atom. The molecule has 1 aliphatic carbocycles. The van der Waals surface area contributed by atoms with Gasteiger partial charge in [-0.3, -0.25) is 4.98 Å². The molecule has 0 radical (unpaired) electrons. The van der Waals surface area contributed by atoms with E-state index < -0.39 is 11.6 Å². The van der Waals surface area contributed by atoms with Crippen molar-refractivity contribution in [2.75, 3.05) is 11.4 Å². The summed E-state index contributed by atoms with van der Waals surface area (Å²) in [5.41, 5.74) is 0.936. The number of rotatable bonds is 1. The van der Waals surface area contributed by atoms with Crippen molar-refractivity contribution in [3.63, 3.8) is 0 Å². The molecule has 5 heteroatoms. The van der Waals surface area contributed by atoms with Crippen molar-refractivity contribution in [1.29, 1.82) is 0 Å². The van der Waals surface area contributed by atoms with Gasteiger partial charge in [-0.05, 0) is 45.1 Å². The lowest BCUT2D eigenvalue weighted by Crippen LogP contribution is -2.35. The molecule has 0 amide bonds. The maximum atomic E-state index is 13.0. The second-order valence-corrected chi connectivity index (χ2v) is 6.41. The molecule has 3 rings (SSSR count). The Balaban J connectivity index is 1.96. The van der Waals surface area contributed by atoms with Crippen molar-refractivity contribution in [3.05, 3.63) is 23.5 Å². The molecule has 1 aliphatic heterocycles. The third kappa shape index (κ3) is 2.55. The Kier molecular flexibility index (Phi) is 3.58. The maximum absolute atomic E-state index is 13.0. The quantitative estimate of drug-likeness (QED) is 0.731. The van der Waals surface area contributed by atoms with Crippen LogP contribution in [0.3, 0.4) is 0 Å². The summed E-state index contributed by atoms with van der Waals surface area (Å²) < 4.78 is 38.9. The summed E-state index contributed by atoms with van der Waals surface area (Å²) in [7, 11) is 0. The summed E-state index contributed by atoms with van der Waals surface area (Å²) >= 11 is 0. The van der Waals surface area contributed by atoms with Crippen molar-refractivity contribution in [1.82, 2.24) is 4.98 Å². The lowest BCUT2D eigenvalue weighted by Gasteiger charge is -2.34. The molecule has 22 heavy (non-hydrogen) atoms. The van der Waals surface area contributed by atoms with Crippen LogP contribution in [0.2, 0.25) is 0 Å². The highest BCUT2D eigenvalue weighted by molar-refractivity contribution is 5.61. The monoisotopic (exact) mass is 308 g/mol. The van der Waals surface area contributed by atoms with Crippen LogP contribution >= 0.6 is 0 Å². The summed E-state index contributed by atoms with van der Waals surface area (Å²) in [5, 5.41) is 0. The third-order valence-electron chi connectivity index (χ3n) is 4.52. The molecule has 0 N–H and O–H groups in total. The van der Waals surface area contributed by atoms with Crippen LogP contribution in [0.1, 0.15) is 44.2 Å². The van der Waals surface area contributed by atoms with Crippen LogP contribution in [0.25, 0.3) is 0 Å². The summed E-state index contributed by atoms with van der Waals surface area (Å²) in [6, 6.07) is 0.342. The predicted molar refractivity (Wildman–Crippen MR) is 79.6 cm³/mol. The molecule has 0 spiro atoms. The molecule has 1 aromatic rings. The number of hydrogen-bond acceptors (Lipinski definition) is 2. The van der Waals surface area contributed by atoms with E-state index in [0.717, 1.165) is 30.6 Å². The number of fused-ring (bicyclic) bond motifs is 1. The van der Waals surface area contributed by atoms with Gasteiger partial charge in [0.05, 0.1) is 11.9 Å². The van der Waals surface area contributed by atoms with E-state index in [1.54, 1.807) is 12.4 Å². The molecular formula is C17H19F3N2. The Labute approximate surface area is 128 Å². The topological polar surface area (TPSA) is 16.1 Å². The summed E-state index contributed by atoms with van der Waals surface area (Å²) in [6.45, 7) is 5.17. The number of pyridine rings is 1. The first-order valence-corrected chi connectivity index (χ1v) is 7.67. The Bertz CT molecular complexity index is 634. The molecule has 1 fully saturated rings. The Morgan fingerprint density at radius 2 is 2.00 bits per heavy atom. The van der Waals surface area contributed by atoms with Crippen LogP contribution < -0.4 is 4.90 Å². The number of alkyl halides is 3. The van der Waals surface area contributed by atoms with Gasteiger partial charge in [-0.25, -0.2) is 0 Å². The molecule has 2 heterocycles. The van der Waals surface area contributed by atoms with E-state index in [9.17, 15) is 13.2 Å². The smallest absolute Gasteiger partial charge is 0.368 e. The zero-order valence-electron chi connectivity index (χ0n) is 12.8. The van der Waals surface area contributed by atoms with E-state index in [0.29, 0.717) is 11.6 Å². The van der Waals surface area contributed by atoms with Gasteiger partial charge in [0.15, 0.2) is 0 Å². The van der Waals surface area contributed by atoms with Gasteiger partial charge in [0.25, 0.3) is 0 Å². The maximum Gasteiger partial charge on any atom is 0.405 e. The Morgan fingerprint density at radius 1 is 1.27 bits per heavy atom. The number of aromatic nitrogens is 1. The zero-order valence-corrected chi connectivity index (χ0v) is 12.8. The van der Waals surface area contributed by atoms with Gasteiger partial charge in [-0.2, -0.15) is 13.2 Å². The second-order valence-electron chi connectivity index (χ2n) is 6.41. The van der Waals surface area contributed by atoms with E-state index in [1.807, 2.05) is 0 Å². The molecule has 0 saturated heterocycles. The average Bonchev–Trinajstić information content (AvgIpc) is 3.25. The van der Waals surface area contributed by atoms with Crippen LogP contribution in [-0.2, 0) is 6.42 Å². The molecular weight excluding hydrogens is 289 g/mol. The van der Waals surface area contributed by atoms with Gasteiger partial charge < -0.3 is 4.90 Å². The molecule has 118 valence electrons. The fourth-order valence-electron chi connectivity index (χ4n) is 2.97. The summed E-state index contributed by atoms with van der Waals surface area (Å²) in [4.78, 5) is 6.43. The summed E-state index contributed by atoms with van der Waals surface area (Å²) in [5.74, 6) is 5.27. The molecule has 2 nitrogen and oxygen atoms in total. The van der Waals surface area contributed by atoms with Crippen molar-refractivity contribution in [2.24, 2.45) is 5.41 Å². The zero-order chi connectivity index (χ0) is 16.0. The van der Waals surface area contributed by atoms with Crippen LogP contribution in [0, 0.1) is 17.3 Å². The van der Waals surface area contributed by atoms with Crippen molar-refractivity contribution >= 4 is 5.69 Å². The van der Waals surface area contributed by atoms with Crippen molar-refractivity contribution < 1.29 is 13.2 Å². The lowest BCUT2D eigenvalue weighted by atomic mass is 9.97. The highest BCUT2D eigenvalue weighted by atomic mass is 19.4. The summed E-state index contributed by atoms with van der Waals surface area (Å²) in [6.07, 6.45) is 1.25. The highest BCUT2D eigenvalue weighted by Crippen LogP contribution is 2.57. The highest BCUT2D eigenvalue weighted by Gasteiger charge is 2.62. The Hall–Kier alpha value is -1.70. The molecule has 1 saturated carbocycles. The number of hydrogen-bond donors (Lipinski definition) is 0. The molecule has 0 atom stereocenters. The minimum atomic E-state index is -4.23. The first kappa shape index (κ1) is 15.2. The van der Waals surface area contributed by atoms with E-state index in [4.69, 9.17) is 0 Å². The third-order valence-corrected chi connectivity index (χ3v) is 4.52. The van der Waals surface area contributed by atoms with Crippen LogP contribution in [-0.4, -0.2) is 23.7 Å². The SMILES string of the molecule is CC(C)N1CCCc2c(C#CC3(C(F)(F)F)CC3)cncc21. The van der Waals surface area contributed by atoms with E-state index in [1.165, 1.54) is 0 Å². The van der Waals surface area contributed by atoms with Gasteiger partial charge in [0, 0.05) is 24.3 Å². The van der Waals surface area contributed by atoms with Crippen LogP contribution in [0.15, 0.2) is 12.4 Å². The standard InChI is InChI=1S/C17H19F3N2/c1-12(2)22-9-3-4-14-13(10-21-11-15(14)22)5-6-16(7-8-16)17(18,19)20/h10-12H,3-4,7-9H2,1-2H3. The largest absolute Gasteiger partial charge is 0.405 e. The van der Waals surface area contributed by atoms with Gasteiger partial charge in [0.2, 0.25) is 0 Å². The molecule has 2 aliphatic rings. The normalized spacial score (nSPS) is 19.5. The van der Waals surface area contributed by atoms with Gasteiger partial charge in [0.1, 0.15) is 5.41 Å². The van der Waals surface area contributed by atoms with Crippen molar-refractivity contribution in [2.45, 2.75) is 51.7 Å². The number of nitrogens with zero attached hydrogens (tertiary/aromatic N) is 2. The number of halogens is 3. The molecule has 0 aromatic carbocycles. The predicted octanol–water partition coefficient (Wildman–Crippen LogP) is 3.94. The molecule has 0 bridgehead atoms. The van der Waals surface area contributed by atoms with Gasteiger partial charge >= 0.3 is 6.18 Å². The fourth-order valence-corrected chi connectivity index (χ4v) is 2.97. The number of anilines is 1. The van der Waals surface area contributed by atoms with Crippen molar-refractivity contribution in [3.8, 4) is 11.8 Å². The molecule has 1 aromatic heterocycles. The molecule has 0 unspecified atom stereocenters. The van der Waals surface area contributed by atoms with E-state index in [-0.39, 0.29) is 12.8 Å². The first-order chi connectivity index (χ1) is 10.3. The minimum absolute atomic E-state index is 0.115. The van der Waals surface area contributed by atoms with E-state index in [2.05, 4.69) is 35.6 Å².